The molecule has 0 amide bonds. The minimum absolute atomic E-state index is 0.523. The highest BCUT2D eigenvalue weighted by atomic mass is 35.5. The van der Waals surface area contributed by atoms with Gasteiger partial charge in [-0.05, 0) is 17.0 Å². The highest BCUT2D eigenvalue weighted by Crippen LogP contribution is 2.28. The molecule has 0 saturated carbocycles. The number of hydrogen-bond donors (Lipinski definition) is 0. The molecular weight excluding hydrogens is 242 g/mol. The zero-order valence-electron chi connectivity index (χ0n) is 9.81. The number of nitrogens with zero attached hydrogens (tertiary/aromatic N) is 1. The molecule has 0 saturated heterocycles. The molecule has 0 fully saturated rings. The Bertz CT molecular complexity index is 677. The minimum Gasteiger partial charge on any atom is -0.256 e. The lowest BCUT2D eigenvalue weighted by molar-refractivity contribution is 1.34. The van der Waals surface area contributed by atoms with E-state index in [1.165, 1.54) is 5.39 Å². The maximum atomic E-state index is 5.98. The first-order chi connectivity index (χ1) is 8.90. The van der Waals surface area contributed by atoms with Gasteiger partial charge >= 0.3 is 0 Å². The third kappa shape index (κ3) is 1.87. The standard InChI is InChI=1S/C16H12ClN/c17-11-13-7-4-8-15-14(13)9-10-18-16(15)12-5-2-1-3-6-12/h1-10H,11H2. The number of aromatic nitrogens is 1. The van der Waals surface area contributed by atoms with Gasteiger partial charge in [0.15, 0.2) is 0 Å². The molecule has 1 aromatic heterocycles. The van der Waals surface area contributed by atoms with Gasteiger partial charge in [-0.3, -0.25) is 4.98 Å². The Labute approximate surface area is 111 Å². The molecule has 0 aliphatic rings. The number of pyridine rings is 1. The van der Waals surface area contributed by atoms with Crippen molar-refractivity contribution in [2.24, 2.45) is 0 Å². The molecule has 3 aromatic rings. The molecule has 0 unspecified atom stereocenters. The Morgan fingerprint density at radius 3 is 2.44 bits per heavy atom. The van der Waals surface area contributed by atoms with Crippen molar-refractivity contribution in [3.63, 3.8) is 0 Å². The van der Waals surface area contributed by atoms with Gasteiger partial charge in [0.25, 0.3) is 0 Å². The highest BCUT2D eigenvalue weighted by Gasteiger charge is 2.06. The summed E-state index contributed by atoms with van der Waals surface area (Å²) < 4.78 is 0. The van der Waals surface area contributed by atoms with Crippen molar-refractivity contribution in [1.82, 2.24) is 4.98 Å². The molecule has 2 aromatic carbocycles. The Morgan fingerprint density at radius 1 is 0.833 bits per heavy atom. The minimum atomic E-state index is 0.523. The van der Waals surface area contributed by atoms with E-state index >= 15 is 0 Å². The molecule has 2 heteroatoms. The van der Waals surface area contributed by atoms with Crippen molar-refractivity contribution in [2.75, 3.05) is 0 Å². The van der Waals surface area contributed by atoms with Crippen molar-refractivity contribution in [2.45, 2.75) is 5.88 Å². The van der Waals surface area contributed by atoms with E-state index in [2.05, 4.69) is 29.2 Å². The van der Waals surface area contributed by atoms with E-state index in [0.29, 0.717) is 5.88 Å². The van der Waals surface area contributed by atoms with Gasteiger partial charge in [0.1, 0.15) is 0 Å². The van der Waals surface area contributed by atoms with E-state index in [1.807, 2.05) is 36.5 Å². The highest BCUT2D eigenvalue weighted by molar-refractivity contribution is 6.18. The summed E-state index contributed by atoms with van der Waals surface area (Å²) in [6.45, 7) is 0. The Kier molecular flexibility index (Phi) is 2.99. The largest absolute Gasteiger partial charge is 0.256 e. The van der Waals surface area contributed by atoms with Gasteiger partial charge in [-0.15, -0.1) is 11.6 Å². The van der Waals surface area contributed by atoms with E-state index in [-0.39, 0.29) is 0 Å². The monoisotopic (exact) mass is 253 g/mol. The smallest absolute Gasteiger partial charge is 0.0780 e. The van der Waals surface area contributed by atoms with Crippen LogP contribution >= 0.6 is 11.6 Å². The summed E-state index contributed by atoms with van der Waals surface area (Å²) in [7, 11) is 0. The van der Waals surface area contributed by atoms with Crippen LogP contribution < -0.4 is 0 Å². The maximum Gasteiger partial charge on any atom is 0.0780 e. The van der Waals surface area contributed by atoms with Gasteiger partial charge in [0, 0.05) is 23.0 Å². The van der Waals surface area contributed by atoms with Crippen LogP contribution in [-0.4, -0.2) is 4.98 Å². The van der Waals surface area contributed by atoms with Crippen molar-refractivity contribution >= 4 is 22.4 Å². The van der Waals surface area contributed by atoms with E-state index in [4.69, 9.17) is 11.6 Å². The van der Waals surface area contributed by atoms with E-state index in [0.717, 1.165) is 22.2 Å². The van der Waals surface area contributed by atoms with Gasteiger partial charge in [-0.2, -0.15) is 0 Å². The van der Waals surface area contributed by atoms with Crippen LogP contribution in [0.4, 0.5) is 0 Å². The number of fused-ring (bicyclic) bond motifs is 1. The van der Waals surface area contributed by atoms with E-state index in [9.17, 15) is 0 Å². The van der Waals surface area contributed by atoms with Crippen molar-refractivity contribution in [3.8, 4) is 11.3 Å². The second-order valence-corrected chi connectivity index (χ2v) is 4.44. The SMILES string of the molecule is ClCc1cccc2c(-c3ccccc3)nccc12. The molecule has 0 spiro atoms. The summed E-state index contributed by atoms with van der Waals surface area (Å²) in [6, 6.07) is 18.4. The number of alkyl halides is 1. The number of hydrogen-bond acceptors (Lipinski definition) is 1. The lowest BCUT2D eigenvalue weighted by Crippen LogP contribution is -1.88. The molecule has 88 valence electrons. The Morgan fingerprint density at radius 2 is 1.67 bits per heavy atom. The molecule has 0 N–H and O–H groups in total. The zero-order valence-corrected chi connectivity index (χ0v) is 10.6. The van der Waals surface area contributed by atoms with E-state index < -0.39 is 0 Å². The number of halogens is 1. The van der Waals surface area contributed by atoms with Crippen LogP contribution in [0.15, 0.2) is 60.8 Å². The van der Waals surface area contributed by atoms with Gasteiger partial charge in [0.05, 0.1) is 5.69 Å². The Balaban J connectivity index is 2.32. The molecule has 3 rings (SSSR count). The second kappa shape index (κ2) is 4.79. The first-order valence-corrected chi connectivity index (χ1v) is 6.41. The lowest BCUT2D eigenvalue weighted by Gasteiger charge is -2.08. The van der Waals surface area contributed by atoms with Gasteiger partial charge < -0.3 is 0 Å². The van der Waals surface area contributed by atoms with Crippen LogP contribution in [0.1, 0.15) is 5.56 Å². The zero-order chi connectivity index (χ0) is 12.4. The molecule has 18 heavy (non-hydrogen) atoms. The fourth-order valence-corrected chi connectivity index (χ4v) is 2.45. The van der Waals surface area contributed by atoms with Crippen LogP contribution in [-0.2, 0) is 5.88 Å². The molecule has 0 atom stereocenters. The molecule has 1 nitrogen and oxygen atoms in total. The maximum absolute atomic E-state index is 5.98. The van der Waals surface area contributed by atoms with Crippen LogP contribution in [0.25, 0.3) is 22.0 Å². The molecule has 0 aliphatic carbocycles. The van der Waals surface area contributed by atoms with Gasteiger partial charge in [-0.1, -0.05) is 48.5 Å². The summed E-state index contributed by atoms with van der Waals surface area (Å²) in [6.07, 6.45) is 1.85. The van der Waals surface area contributed by atoms with Crippen LogP contribution in [0.2, 0.25) is 0 Å². The molecular formula is C16H12ClN. The predicted molar refractivity (Wildman–Crippen MR) is 76.7 cm³/mol. The normalized spacial score (nSPS) is 10.7. The molecule has 0 radical (unpaired) electrons. The van der Waals surface area contributed by atoms with Crippen LogP contribution in [0.5, 0.6) is 0 Å². The summed E-state index contributed by atoms with van der Waals surface area (Å²) in [4.78, 5) is 4.51. The summed E-state index contributed by atoms with van der Waals surface area (Å²) in [5.41, 5.74) is 3.30. The van der Waals surface area contributed by atoms with Crippen molar-refractivity contribution in [1.29, 1.82) is 0 Å². The first kappa shape index (κ1) is 11.2. The number of rotatable bonds is 2. The van der Waals surface area contributed by atoms with Crippen molar-refractivity contribution in [3.05, 3.63) is 66.4 Å². The second-order valence-electron chi connectivity index (χ2n) is 4.17. The summed E-state index contributed by atoms with van der Waals surface area (Å²) >= 11 is 5.98. The first-order valence-electron chi connectivity index (χ1n) is 5.88. The quantitative estimate of drug-likeness (QED) is 0.606. The number of benzene rings is 2. The summed E-state index contributed by atoms with van der Waals surface area (Å²) in [5, 5.41) is 2.34. The Hall–Kier alpha value is -1.86. The topological polar surface area (TPSA) is 12.9 Å². The fourth-order valence-electron chi connectivity index (χ4n) is 2.21. The van der Waals surface area contributed by atoms with Crippen LogP contribution in [0.3, 0.4) is 0 Å². The van der Waals surface area contributed by atoms with Crippen LogP contribution in [0, 0.1) is 0 Å². The van der Waals surface area contributed by atoms with E-state index in [1.54, 1.807) is 0 Å². The van der Waals surface area contributed by atoms with Crippen molar-refractivity contribution < 1.29 is 0 Å². The molecule has 1 heterocycles. The average molecular weight is 254 g/mol. The summed E-state index contributed by atoms with van der Waals surface area (Å²) in [5.74, 6) is 0.523. The molecule has 0 bridgehead atoms. The van der Waals surface area contributed by atoms with Gasteiger partial charge in [0.2, 0.25) is 0 Å². The average Bonchev–Trinajstić information content (AvgIpc) is 2.47. The fraction of sp³-hybridized carbons (Fsp3) is 0.0625. The molecule has 0 aliphatic heterocycles. The third-order valence-electron chi connectivity index (χ3n) is 3.09. The third-order valence-corrected chi connectivity index (χ3v) is 3.38. The van der Waals surface area contributed by atoms with Gasteiger partial charge in [-0.25, -0.2) is 0 Å². The lowest BCUT2D eigenvalue weighted by atomic mass is 10.0. The predicted octanol–water partition coefficient (Wildman–Crippen LogP) is 4.64.